The van der Waals surface area contributed by atoms with E-state index in [1.54, 1.807) is 26.2 Å². The summed E-state index contributed by atoms with van der Waals surface area (Å²) in [5, 5.41) is 15.8. The van der Waals surface area contributed by atoms with E-state index in [-0.39, 0.29) is 18.2 Å². The van der Waals surface area contributed by atoms with Gasteiger partial charge in [0.05, 0.1) is 12.1 Å². The van der Waals surface area contributed by atoms with Crippen molar-refractivity contribution in [3.8, 4) is 0 Å². The summed E-state index contributed by atoms with van der Waals surface area (Å²) >= 11 is 0. The number of methoxy groups -OCH3 is 1. The number of nitrogens with one attached hydrogen (secondary N) is 2. The third-order valence-electron chi connectivity index (χ3n) is 4.13. The standard InChI is InChI=1S/C15H24N2O4/c1-11-5-6-12(21-11)14(2,19)9-16-13(18)17-10-15(20-3)7-4-8-15/h5-6,19H,4,7-10H2,1-3H3,(H2,16,17,18). The highest BCUT2D eigenvalue weighted by molar-refractivity contribution is 5.74. The van der Waals surface area contributed by atoms with Crippen LogP contribution in [0.3, 0.4) is 0 Å². The number of hydrogen-bond acceptors (Lipinski definition) is 4. The molecule has 1 aliphatic carbocycles. The quantitative estimate of drug-likeness (QED) is 0.745. The Bertz CT molecular complexity index is 486. The van der Waals surface area contributed by atoms with E-state index < -0.39 is 5.60 Å². The van der Waals surface area contributed by atoms with Gasteiger partial charge in [-0.25, -0.2) is 4.79 Å². The first-order valence-electron chi connectivity index (χ1n) is 7.23. The molecule has 0 radical (unpaired) electrons. The number of amides is 2. The Labute approximate surface area is 124 Å². The molecule has 21 heavy (non-hydrogen) atoms. The van der Waals surface area contributed by atoms with Gasteiger partial charge in [-0.15, -0.1) is 0 Å². The predicted octanol–water partition coefficient (Wildman–Crippen LogP) is 1.66. The second kappa shape index (κ2) is 6.07. The van der Waals surface area contributed by atoms with Crippen molar-refractivity contribution in [1.29, 1.82) is 0 Å². The number of carbonyl (C=O) groups excluding carboxylic acids is 1. The first kappa shape index (κ1) is 15.9. The Morgan fingerprint density at radius 1 is 1.48 bits per heavy atom. The lowest BCUT2D eigenvalue weighted by Crippen LogP contribution is -2.52. The molecule has 1 saturated carbocycles. The Kier molecular flexibility index (Phi) is 4.58. The van der Waals surface area contributed by atoms with Crippen LogP contribution in [0.25, 0.3) is 0 Å². The minimum Gasteiger partial charge on any atom is -0.463 e. The summed E-state index contributed by atoms with van der Waals surface area (Å²) in [6.07, 6.45) is 3.06. The van der Waals surface area contributed by atoms with Crippen LogP contribution in [0.2, 0.25) is 0 Å². The Hall–Kier alpha value is -1.53. The van der Waals surface area contributed by atoms with Crippen molar-refractivity contribution in [2.75, 3.05) is 20.2 Å². The summed E-state index contributed by atoms with van der Waals surface area (Å²) in [4.78, 5) is 11.8. The number of ether oxygens (including phenoxy) is 1. The minimum atomic E-state index is -1.24. The molecule has 0 aromatic carbocycles. The maximum Gasteiger partial charge on any atom is 0.315 e. The van der Waals surface area contributed by atoms with Gasteiger partial charge in [0, 0.05) is 13.7 Å². The van der Waals surface area contributed by atoms with Crippen LogP contribution in [0.15, 0.2) is 16.5 Å². The van der Waals surface area contributed by atoms with Gasteiger partial charge in [0.2, 0.25) is 0 Å². The highest BCUT2D eigenvalue weighted by Gasteiger charge is 2.37. The molecule has 2 amide bonds. The van der Waals surface area contributed by atoms with Crippen LogP contribution in [0.4, 0.5) is 4.79 Å². The van der Waals surface area contributed by atoms with Gasteiger partial charge in [-0.3, -0.25) is 0 Å². The second-order valence-corrected chi connectivity index (χ2v) is 5.96. The molecule has 1 unspecified atom stereocenters. The first-order chi connectivity index (χ1) is 9.87. The average molecular weight is 296 g/mol. The van der Waals surface area contributed by atoms with Crippen LogP contribution >= 0.6 is 0 Å². The molecule has 1 atom stereocenters. The topological polar surface area (TPSA) is 83.7 Å². The van der Waals surface area contributed by atoms with Crippen molar-refractivity contribution >= 4 is 6.03 Å². The molecule has 0 saturated heterocycles. The maximum absolute atomic E-state index is 11.8. The molecule has 1 fully saturated rings. The van der Waals surface area contributed by atoms with Crippen LogP contribution in [-0.2, 0) is 10.3 Å². The number of hydrogen-bond donors (Lipinski definition) is 3. The molecule has 118 valence electrons. The van der Waals surface area contributed by atoms with E-state index in [2.05, 4.69) is 10.6 Å². The molecule has 1 heterocycles. The fourth-order valence-corrected chi connectivity index (χ4v) is 2.39. The summed E-state index contributed by atoms with van der Waals surface area (Å²) in [5.41, 5.74) is -1.45. The number of urea groups is 1. The van der Waals surface area contributed by atoms with Gasteiger partial charge in [0.1, 0.15) is 17.1 Å². The number of aliphatic hydroxyl groups is 1. The second-order valence-electron chi connectivity index (χ2n) is 5.96. The summed E-state index contributed by atoms with van der Waals surface area (Å²) < 4.78 is 10.8. The van der Waals surface area contributed by atoms with Crippen molar-refractivity contribution < 1.29 is 19.1 Å². The number of aryl methyl sites for hydroxylation is 1. The fourth-order valence-electron chi connectivity index (χ4n) is 2.39. The highest BCUT2D eigenvalue weighted by Crippen LogP contribution is 2.34. The van der Waals surface area contributed by atoms with Crippen LogP contribution in [0.1, 0.15) is 37.7 Å². The molecule has 0 bridgehead atoms. The SMILES string of the molecule is COC1(CNC(=O)NCC(C)(O)c2ccc(C)o2)CCC1. The molecule has 6 nitrogen and oxygen atoms in total. The minimum absolute atomic E-state index is 0.0752. The van der Waals surface area contributed by atoms with E-state index in [0.29, 0.717) is 12.3 Å². The van der Waals surface area contributed by atoms with Gasteiger partial charge in [-0.2, -0.15) is 0 Å². The third-order valence-corrected chi connectivity index (χ3v) is 4.13. The molecule has 2 rings (SSSR count). The van der Waals surface area contributed by atoms with Crippen molar-refractivity contribution in [2.45, 2.75) is 44.3 Å². The molecule has 1 aliphatic rings. The molecular formula is C15H24N2O4. The maximum atomic E-state index is 11.8. The summed E-state index contributed by atoms with van der Waals surface area (Å²) in [6.45, 7) is 3.97. The van der Waals surface area contributed by atoms with Crippen molar-refractivity contribution in [3.63, 3.8) is 0 Å². The zero-order chi connectivity index (χ0) is 15.5. The Balaban J connectivity index is 1.78. The smallest absolute Gasteiger partial charge is 0.315 e. The molecule has 3 N–H and O–H groups in total. The molecule has 0 aliphatic heterocycles. The lowest BCUT2D eigenvalue weighted by Gasteiger charge is -2.40. The Morgan fingerprint density at radius 3 is 2.67 bits per heavy atom. The van der Waals surface area contributed by atoms with E-state index >= 15 is 0 Å². The van der Waals surface area contributed by atoms with E-state index in [0.717, 1.165) is 25.0 Å². The summed E-state index contributed by atoms with van der Waals surface area (Å²) in [7, 11) is 1.67. The van der Waals surface area contributed by atoms with Crippen LogP contribution in [0.5, 0.6) is 0 Å². The van der Waals surface area contributed by atoms with Crippen molar-refractivity contribution in [1.82, 2.24) is 10.6 Å². The predicted molar refractivity (Wildman–Crippen MR) is 78.0 cm³/mol. The van der Waals surface area contributed by atoms with Crippen LogP contribution in [-0.4, -0.2) is 36.9 Å². The number of furan rings is 1. The first-order valence-corrected chi connectivity index (χ1v) is 7.23. The monoisotopic (exact) mass is 296 g/mol. The zero-order valence-electron chi connectivity index (χ0n) is 12.9. The Morgan fingerprint density at radius 2 is 2.19 bits per heavy atom. The van der Waals surface area contributed by atoms with E-state index in [1.807, 2.05) is 6.92 Å². The lowest BCUT2D eigenvalue weighted by atomic mass is 9.80. The molecular weight excluding hydrogens is 272 g/mol. The number of rotatable bonds is 6. The van der Waals surface area contributed by atoms with E-state index in [9.17, 15) is 9.90 Å². The summed E-state index contributed by atoms with van der Waals surface area (Å²) in [6, 6.07) is 3.17. The third kappa shape index (κ3) is 3.77. The largest absolute Gasteiger partial charge is 0.463 e. The van der Waals surface area contributed by atoms with E-state index in [4.69, 9.17) is 9.15 Å². The lowest BCUT2D eigenvalue weighted by molar-refractivity contribution is -0.0674. The number of carbonyl (C=O) groups is 1. The van der Waals surface area contributed by atoms with Gasteiger partial charge in [0.25, 0.3) is 0 Å². The zero-order valence-corrected chi connectivity index (χ0v) is 12.9. The van der Waals surface area contributed by atoms with Crippen LogP contribution in [0, 0.1) is 6.92 Å². The normalized spacial score (nSPS) is 19.4. The summed E-state index contributed by atoms with van der Waals surface area (Å²) in [5.74, 6) is 1.16. The van der Waals surface area contributed by atoms with Crippen molar-refractivity contribution in [3.05, 3.63) is 23.7 Å². The molecule has 1 aromatic rings. The van der Waals surface area contributed by atoms with E-state index in [1.165, 1.54) is 0 Å². The molecule has 6 heteroatoms. The van der Waals surface area contributed by atoms with Gasteiger partial charge in [-0.1, -0.05) is 0 Å². The highest BCUT2D eigenvalue weighted by atomic mass is 16.5. The van der Waals surface area contributed by atoms with Crippen LogP contribution < -0.4 is 10.6 Å². The molecule has 1 aromatic heterocycles. The average Bonchev–Trinajstić information content (AvgIpc) is 2.83. The van der Waals surface area contributed by atoms with Gasteiger partial charge >= 0.3 is 6.03 Å². The molecule has 0 spiro atoms. The van der Waals surface area contributed by atoms with Gasteiger partial charge in [-0.05, 0) is 45.2 Å². The van der Waals surface area contributed by atoms with Gasteiger partial charge < -0.3 is 24.9 Å². The van der Waals surface area contributed by atoms with Gasteiger partial charge in [0.15, 0.2) is 0 Å². The fraction of sp³-hybridized carbons (Fsp3) is 0.667. The van der Waals surface area contributed by atoms with Crippen molar-refractivity contribution in [2.24, 2.45) is 0 Å².